The Kier molecular flexibility index (Phi) is 4.88. The lowest BCUT2D eigenvalue weighted by molar-refractivity contribution is -0.385. The van der Waals surface area contributed by atoms with Crippen LogP contribution in [-0.4, -0.2) is 22.1 Å². The third kappa shape index (κ3) is 2.88. The van der Waals surface area contributed by atoms with Gasteiger partial charge in [0.05, 0.1) is 23.3 Å². The number of carbonyl (C=O) groups is 1. The first kappa shape index (κ1) is 14.2. The molecule has 1 rings (SSSR count). The highest BCUT2D eigenvalue weighted by molar-refractivity contribution is 5.90. The number of aryl methyl sites for hydroxylation is 1. The minimum absolute atomic E-state index is 0.0332. The molecule has 0 unspecified atom stereocenters. The van der Waals surface area contributed by atoms with Crippen LogP contribution >= 0.6 is 0 Å². The number of hydrogen-bond donors (Lipinski definition) is 0. The fraction of sp³-hybridized carbons (Fsp3) is 0.583. The zero-order chi connectivity index (χ0) is 13.7. The molecular weight excluding hydrogens is 236 g/mol. The summed E-state index contributed by atoms with van der Waals surface area (Å²) >= 11 is 0. The third-order valence-electron chi connectivity index (χ3n) is 2.72. The van der Waals surface area contributed by atoms with E-state index in [1.807, 2.05) is 6.92 Å². The Morgan fingerprint density at radius 1 is 1.50 bits per heavy atom. The first-order valence-electron chi connectivity index (χ1n) is 6.04. The number of unbranched alkanes of at least 4 members (excludes halogenated alkanes) is 1. The number of nitro groups is 1. The second-order valence-electron chi connectivity index (χ2n) is 4.01. The highest BCUT2D eigenvalue weighted by Crippen LogP contribution is 2.25. The van der Waals surface area contributed by atoms with Crippen molar-refractivity contribution >= 4 is 11.7 Å². The number of esters is 1. The van der Waals surface area contributed by atoms with Crippen LogP contribution in [-0.2, 0) is 11.3 Å². The van der Waals surface area contributed by atoms with Crippen molar-refractivity contribution in [3.8, 4) is 0 Å². The second kappa shape index (κ2) is 6.18. The van der Waals surface area contributed by atoms with Crippen LogP contribution in [0.4, 0.5) is 5.69 Å². The van der Waals surface area contributed by atoms with Crippen molar-refractivity contribution in [1.29, 1.82) is 0 Å². The molecule has 18 heavy (non-hydrogen) atoms. The zero-order valence-electron chi connectivity index (χ0n) is 10.9. The number of ether oxygens (including phenoxy) is 1. The second-order valence-corrected chi connectivity index (χ2v) is 4.01. The molecular formula is C12H18N2O4. The van der Waals surface area contributed by atoms with Gasteiger partial charge in [-0.05, 0) is 20.3 Å². The van der Waals surface area contributed by atoms with Crippen LogP contribution in [0.15, 0.2) is 6.20 Å². The summed E-state index contributed by atoms with van der Waals surface area (Å²) in [4.78, 5) is 22.2. The van der Waals surface area contributed by atoms with E-state index in [9.17, 15) is 14.9 Å². The average molecular weight is 254 g/mol. The molecule has 6 nitrogen and oxygen atoms in total. The van der Waals surface area contributed by atoms with E-state index in [0.29, 0.717) is 12.1 Å². The molecule has 0 aliphatic carbocycles. The van der Waals surface area contributed by atoms with Gasteiger partial charge in [0.25, 0.3) is 5.69 Å². The number of nitrogens with zero attached hydrogens (tertiary/aromatic N) is 2. The molecule has 0 fully saturated rings. The molecule has 1 aromatic rings. The van der Waals surface area contributed by atoms with E-state index in [4.69, 9.17) is 4.74 Å². The van der Waals surface area contributed by atoms with Crippen molar-refractivity contribution in [3.05, 3.63) is 27.6 Å². The van der Waals surface area contributed by atoms with Gasteiger partial charge < -0.3 is 9.30 Å². The summed E-state index contributed by atoms with van der Waals surface area (Å²) in [5.41, 5.74) is 0.626. The molecule has 6 heteroatoms. The Balaban J connectivity index is 3.17. The van der Waals surface area contributed by atoms with Gasteiger partial charge in [-0.1, -0.05) is 13.3 Å². The van der Waals surface area contributed by atoms with Crippen LogP contribution < -0.4 is 0 Å². The Bertz CT molecular complexity index is 451. The third-order valence-corrected chi connectivity index (χ3v) is 2.72. The van der Waals surface area contributed by atoms with Crippen molar-refractivity contribution < 1.29 is 14.5 Å². The molecule has 1 heterocycles. The van der Waals surface area contributed by atoms with Crippen LogP contribution in [0.2, 0.25) is 0 Å². The molecule has 100 valence electrons. The van der Waals surface area contributed by atoms with Gasteiger partial charge >= 0.3 is 5.97 Å². The largest absolute Gasteiger partial charge is 0.461 e. The minimum atomic E-state index is -0.501. The SMILES string of the molecule is CCCCn1cc([N+](=O)[O-])c(C)c1C(=O)OCC. The molecule has 0 aliphatic heterocycles. The number of rotatable bonds is 6. The summed E-state index contributed by atoms with van der Waals surface area (Å²) < 4.78 is 6.56. The number of hydrogen-bond acceptors (Lipinski definition) is 4. The van der Waals surface area contributed by atoms with E-state index < -0.39 is 10.9 Å². The Morgan fingerprint density at radius 2 is 2.17 bits per heavy atom. The molecule has 0 bridgehead atoms. The molecule has 0 saturated carbocycles. The Labute approximate surface area is 106 Å². The lowest BCUT2D eigenvalue weighted by Crippen LogP contribution is -2.13. The number of carbonyl (C=O) groups excluding carboxylic acids is 1. The molecule has 0 amide bonds. The summed E-state index contributed by atoms with van der Waals surface area (Å²) in [6.07, 6.45) is 3.22. The van der Waals surface area contributed by atoms with E-state index in [1.165, 1.54) is 6.20 Å². The van der Waals surface area contributed by atoms with E-state index in [0.717, 1.165) is 12.8 Å². The van der Waals surface area contributed by atoms with E-state index in [1.54, 1.807) is 18.4 Å². The first-order valence-corrected chi connectivity index (χ1v) is 6.04. The van der Waals surface area contributed by atoms with E-state index in [2.05, 4.69) is 0 Å². The van der Waals surface area contributed by atoms with Gasteiger partial charge in [-0.25, -0.2) is 4.79 Å². The highest BCUT2D eigenvalue weighted by atomic mass is 16.6. The fourth-order valence-corrected chi connectivity index (χ4v) is 1.80. The lowest BCUT2D eigenvalue weighted by Gasteiger charge is -2.07. The maximum absolute atomic E-state index is 11.8. The molecule has 1 aromatic heterocycles. The van der Waals surface area contributed by atoms with Gasteiger partial charge in [-0.3, -0.25) is 10.1 Å². The predicted molar refractivity (Wildman–Crippen MR) is 66.7 cm³/mol. The maximum Gasteiger partial charge on any atom is 0.355 e. The summed E-state index contributed by atoms with van der Waals surface area (Å²) in [7, 11) is 0. The fourth-order valence-electron chi connectivity index (χ4n) is 1.80. The van der Waals surface area contributed by atoms with Gasteiger partial charge in [-0.2, -0.15) is 0 Å². The van der Waals surface area contributed by atoms with Gasteiger partial charge in [0.15, 0.2) is 0 Å². The Hall–Kier alpha value is -1.85. The van der Waals surface area contributed by atoms with Gasteiger partial charge in [-0.15, -0.1) is 0 Å². The summed E-state index contributed by atoms with van der Waals surface area (Å²) in [6.45, 7) is 6.15. The topological polar surface area (TPSA) is 74.4 Å². The normalized spacial score (nSPS) is 10.4. The van der Waals surface area contributed by atoms with Gasteiger partial charge in [0.2, 0.25) is 0 Å². The van der Waals surface area contributed by atoms with Crippen molar-refractivity contribution in [2.24, 2.45) is 0 Å². The van der Waals surface area contributed by atoms with Crippen molar-refractivity contribution in [2.45, 2.75) is 40.2 Å². The van der Waals surface area contributed by atoms with Crippen molar-refractivity contribution in [1.82, 2.24) is 4.57 Å². The monoisotopic (exact) mass is 254 g/mol. The molecule has 0 aromatic carbocycles. The minimum Gasteiger partial charge on any atom is -0.461 e. The van der Waals surface area contributed by atoms with Crippen LogP contribution in [0.5, 0.6) is 0 Å². The summed E-state index contributed by atoms with van der Waals surface area (Å²) in [6, 6.07) is 0. The van der Waals surface area contributed by atoms with E-state index in [-0.39, 0.29) is 18.0 Å². The highest BCUT2D eigenvalue weighted by Gasteiger charge is 2.25. The average Bonchev–Trinajstić information content (AvgIpc) is 2.64. The number of aromatic nitrogens is 1. The van der Waals surface area contributed by atoms with Crippen LogP contribution in [0.1, 0.15) is 42.7 Å². The van der Waals surface area contributed by atoms with Gasteiger partial charge in [0, 0.05) is 6.54 Å². The van der Waals surface area contributed by atoms with Crippen LogP contribution in [0.25, 0.3) is 0 Å². The van der Waals surface area contributed by atoms with Crippen molar-refractivity contribution in [3.63, 3.8) is 0 Å². The van der Waals surface area contributed by atoms with Gasteiger partial charge in [0.1, 0.15) is 5.69 Å². The molecule has 0 atom stereocenters. The lowest BCUT2D eigenvalue weighted by atomic mass is 10.2. The summed E-state index contributed by atoms with van der Waals surface area (Å²) in [5.74, 6) is -0.501. The quantitative estimate of drug-likeness (QED) is 0.444. The zero-order valence-corrected chi connectivity index (χ0v) is 10.9. The Morgan fingerprint density at radius 3 is 2.67 bits per heavy atom. The van der Waals surface area contributed by atoms with Crippen LogP contribution in [0, 0.1) is 17.0 Å². The smallest absolute Gasteiger partial charge is 0.355 e. The van der Waals surface area contributed by atoms with Crippen molar-refractivity contribution in [2.75, 3.05) is 6.61 Å². The van der Waals surface area contributed by atoms with E-state index >= 15 is 0 Å². The van der Waals surface area contributed by atoms with Crippen LogP contribution in [0.3, 0.4) is 0 Å². The molecule has 0 saturated heterocycles. The summed E-state index contributed by atoms with van der Waals surface area (Å²) in [5, 5.41) is 10.9. The molecule has 0 radical (unpaired) electrons. The molecule has 0 spiro atoms. The standard InChI is InChI=1S/C12H18N2O4/c1-4-6-7-13-8-10(14(16)17)9(3)11(13)12(15)18-5-2/h8H,4-7H2,1-3H3. The first-order chi connectivity index (χ1) is 8.52. The molecule has 0 aliphatic rings. The molecule has 0 N–H and O–H groups in total. The predicted octanol–water partition coefficient (Wildman–Crippen LogP) is 2.68. The maximum atomic E-state index is 11.8.